The third kappa shape index (κ3) is 4.09. The third-order valence-electron chi connectivity index (χ3n) is 4.91. The van der Waals surface area contributed by atoms with Gasteiger partial charge in [-0.1, -0.05) is 13.8 Å². The fraction of sp³-hybridized carbons (Fsp3) is 0.474. The lowest BCUT2D eigenvalue weighted by Crippen LogP contribution is -2.36. The molecule has 2 amide bonds. The zero-order valence-electron chi connectivity index (χ0n) is 15.3. The summed E-state index contributed by atoms with van der Waals surface area (Å²) in [5.41, 5.74) is 1.74. The lowest BCUT2D eigenvalue weighted by molar-refractivity contribution is -0.130. The minimum absolute atomic E-state index is 0.0761. The van der Waals surface area contributed by atoms with Crippen LogP contribution in [0.3, 0.4) is 0 Å². The first kappa shape index (κ1) is 18.1. The normalized spacial score (nSPS) is 17.1. The van der Waals surface area contributed by atoms with Crippen molar-refractivity contribution in [1.82, 2.24) is 19.7 Å². The van der Waals surface area contributed by atoms with Crippen LogP contribution in [-0.4, -0.2) is 44.1 Å². The molecule has 1 fully saturated rings. The van der Waals surface area contributed by atoms with Crippen LogP contribution in [0.25, 0.3) is 0 Å². The van der Waals surface area contributed by atoms with Crippen LogP contribution in [0.2, 0.25) is 0 Å². The van der Waals surface area contributed by atoms with Gasteiger partial charge in [0, 0.05) is 37.6 Å². The van der Waals surface area contributed by atoms with Gasteiger partial charge in [0.1, 0.15) is 0 Å². The number of rotatable bonds is 7. The number of hydrogen-bond acceptors (Lipinski definition) is 4. The lowest BCUT2D eigenvalue weighted by atomic mass is 10.1. The molecule has 0 aromatic carbocycles. The maximum Gasteiger partial charge on any atom is 0.229 e. The van der Waals surface area contributed by atoms with Crippen molar-refractivity contribution in [2.45, 2.75) is 45.7 Å². The van der Waals surface area contributed by atoms with Gasteiger partial charge in [-0.05, 0) is 30.5 Å². The Morgan fingerprint density at radius 1 is 1.31 bits per heavy atom. The Labute approximate surface area is 153 Å². The van der Waals surface area contributed by atoms with Crippen molar-refractivity contribution in [3.63, 3.8) is 0 Å². The highest BCUT2D eigenvalue weighted by Crippen LogP contribution is 2.24. The topological polar surface area (TPSA) is 80.1 Å². The average Bonchev–Trinajstić information content (AvgIpc) is 3.24. The maximum atomic E-state index is 12.5. The summed E-state index contributed by atoms with van der Waals surface area (Å²) in [6, 6.07) is 4.08. The summed E-state index contributed by atoms with van der Waals surface area (Å²) < 4.78 is 1.77. The van der Waals surface area contributed by atoms with Gasteiger partial charge >= 0.3 is 0 Å². The maximum absolute atomic E-state index is 12.5. The van der Waals surface area contributed by atoms with E-state index in [2.05, 4.69) is 29.2 Å². The summed E-state index contributed by atoms with van der Waals surface area (Å²) in [5, 5.41) is 7.17. The molecule has 1 saturated heterocycles. The molecule has 138 valence electrons. The molecule has 26 heavy (non-hydrogen) atoms. The molecule has 1 unspecified atom stereocenters. The van der Waals surface area contributed by atoms with Gasteiger partial charge in [-0.2, -0.15) is 5.10 Å². The molecule has 7 nitrogen and oxygen atoms in total. The third-order valence-corrected chi connectivity index (χ3v) is 4.91. The molecule has 2 aromatic rings. The van der Waals surface area contributed by atoms with Crippen molar-refractivity contribution in [2.75, 3.05) is 11.9 Å². The minimum atomic E-state index is -0.299. The molecule has 0 spiro atoms. The van der Waals surface area contributed by atoms with Crippen LogP contribution < -0.4 is 5.32 Å². The molecule has 0 radical (unpaired) electrons. The summed E-state index contributed by atoms with van der Waals surface area (Å²) in [5.74, 6) is -0.339. The van der Waals surface area contributed by atoms with Gasteiger partial charge < -0.3 is 10.2 Å². The number of pyridine rings is 1. The predicted octanol–water partition coefficient (Wildman–Crippen LogP) is 2.30. The molecular formula is C19H25N5O2. The first-order chi connectivity index (χ1) is 12.6. The highest BCUT2D eigenvalue weighted by molar-refractivity contribution is 5.97. The lowest BCUT2D eigenvalue weighted by Gasteiger charge is -2.26. The van der Waals surface area contributed by atoms with E-state index in [-0.39, 0.29) is 30.2 Å². The first-order valence-electron chi connectivity index (χ1n) is 9.12. The minimum Gasteiger partial charge on any atom is -0.339 e. The van der Waals surface area contributed by atoms with Crippen molar-refractivity contribution in [3.05, 3.63) is 42.5 Å². The number of aromatic nitrogens is 3. The number of hydrogen-bond donors (Lipinski definition) is 1. The largest absolute Gasteiger partial charge is 0.339 e. The van der Waals surface area contributed by atoms with Crippen molar-refractivity contribution in [3.8, 4) is 0 Å². The quantitative estimate of drug-likeness (QED) is 0.826. The molecule has 2 aromatic heterocycles. The second kappa shape index (κ2) is 8.12. The molecular weight excluding hydrogens is 330 g/mol. The van der Waals surface area contributed by atoms with E-state index in [0.29, 0.717) is 18.8 Å². The number of nitrogens with zero attached hydrogens (tertiary/aromatic N) is 4. The molecule has 3 heterocycles. The van der Waals surface area contributed by atoms with E-state index in [0.717, 1.165) is 18.4 Å². The van der Waals surface area contributed by atoms with Crippen molar-refractivity contribution < 1.29 is 9.59 Å². The van der Waals surface area contributed by atoms with Gasteiger partial charge in [0.25, 0.3) is 0 Å². The number of likely N-dealkylation sites (tertiary alicyclic amines) is 1. The Hall–Kier alpha value is -2.70. The highest BCUT2D eigenvalue weighted by atomic mass is 16.2. The van der Waals surface area contributed by atoms with E-state index >= 15 is 0 Å². The number of carbonyl (C=O) groups is 2. The summed E-state index contributed by atoms with van der Waals surface area (Å²) in [6.45, 7) is 5.27. The van der Waals surface area contributed by atoms with Crippen LogP contribution in [0.5, 0.6) is 0 Å². The molecule has 3 rings (SSSR count). The summed E-state index contributed by atoms with van der Waals surface area (Å²) in [6.07, 6.45) is 9.03. The van der Waals surface area contributed by atoms with Crippen molar-refractivity contribution in [2.24, 2.45) is 5.92 Å². The van der Waals surface area contributed by atoms with Gasteiger partial charge in [0.15, 0.2) is 0 Å². The number of carbonyl (C=O) groups excluding carboxylic acids is 2. The van der Waals surface area contributed by atoms with E-state index in [4.69, 9.17) is 0 Å². The first-order valence-corrected chi connectivity index (χ1v) is 9.12. The Bertz CT molecular complexity index is 754. The second-order valence-corrected chi connectivity index (χ2v) is 6.69. The van der Waals surface area contributed by atoms with E-state index in [1.165, 1.54) is 0 Å². The van der Waals surface area contributed by atoms with E-state index < -0.39 is 0 Å². The zero-order valence-corrected chi connectivity index (χ0v) is 15.3. The zero-order chi connectivity index (χ0) is 18.5. The summed E-state index contributed by atoms with van der Waals surface area (Å²) in [7, 11) is 0. The van der Waals surface area contributed by atoms with Crippen LogP contribution in [0.4, 0.5) is 5.69 Å². The van der Waals surface area contributed by atoms with Crippen LogP contribution in [0, 0.1) is 5.92 Å². The van der Waals surface area contributed by atoms with Crippen molar-refractivity contribution in [1.29, 1.82) is 0 Å². The van der Waals surface area contributed by atoms with Crippen LogP contribution in [0.1, 0.15) is 38.7 Å². The smallest absolute Gasteiger partial charge is 0.229 e. The number of nitrogens with one attached hydrogen (secondary N) is 1. The standard InChI is InChI=1S/C19H25N5O2/c1-3-17(4-2)24-12-15(9-18(24)25)19(26)22-16-10-21-23(13-16)11-14-5-7-20-8-6-14/h5-8,10,13,15,17H,3-4,9,11-12H2,1-2H3,(H,22,26). The van der Waals surface area contributed by atoms with E-state index in [1.54, 1.807) is 29.5 Å². The summed E-state index contributed by atoms with van der Waals surface area (Å²) >= 11 is 0. The Balaban J connectivity index is 1.58. The Morgan fingerprint density at radius 3 is 2.73 bits per heavy atom. The van der Waals surface area contributed by atoms with Crippen LogP contribution >= 0.6 is 0 Å². The van der Waals surface area contributed by atoms with Gasteiger partial charge in [-0.15, -0.1) is 0 Å². The van der Waals surface area contributed by atoms with Gasteiger partial charge in [0.2, 0.25) is 11.8 Å². The highest BCUT2D eigenvalue weighted by Gasteiger charge is 2.36. The number of anilines is 1. The Kier molecular flexibility index (Phi) is 5.65. The molecule has 0 aliphatic carbocycles. The van der Waals surface area contributed by atoms with Gasteiger partial charge in [-0.25, -0.2) is 0 Å². The summed E-state index contributed by atoms with van der Waals surface area (Å²) in [4.78, 5) is 30.6. The Morgan fingerprint density at radius 2 is 2.04 bits per heavy atom. The van der Waals surface area contributed by atoms with Gasteiger partial charge in [-0.3, -0.25) is 19.3 Å². The average molecular weight is 355 g/mol. The van der Waals surface area contributed by atoms with E-state index in [1.807, 2.05) is 17.0 Å². The SMILES string of the molecule is CCC(CC)N1CC(C(=O)Nc2cnn(Cc3ccncc3)c2)CC1=O. The fourth-order valence-electron chi connectivity index (χ4n) is 3.42. The predicted molar refractivity (Wildman–Crippen MR) is 98.4 cm³/mol. The molecule has 0 bridgehead atoms. The van der Waals surface area contributed by atoms with E-state index in [9.17, 15) is 9.59 Å². The van der Waals surface area contributed by atoms with Gasteiger partial charge in [0.05, 0.1) is 24.3 Å². The molecule has 0 saturated carbocycles. The van der Waals surface area contributed by atoms with Crippen LogP contribution in [0.15, 0.2) is 36.9 Å². The molecule has 1 aliphatic heterocycles. The second-order valence-electron chi connectivity index (χ2n) is 6.69. The number of amides is 2. The molecule has 1 N–H and O–H groups in total. The monoisotopic (exact) mass is 355 g/mol. The fourth-order valence-corrected chi connectivity index (χ4v) is 3.42. The molecule has 1 aliphatic rings. The molecule has 7 heteroatoms. The molecule has 1 atom stereocenters. The van der Waals surface area contributed by atoms with Crippen molar-refractivity contribution >= 4 is 17.5 Å². The van der Waals surface area contributed by atoms with Crippen LogP contribution in [-0.2, 0) is 16.1 Å².